The van der Waals surface area contributed by atoms with E-state index in [4.69, 9.17) is 16.3 Å². The molecule has 0 aliphatic heterocycles. The van der Waals surface area contributed by atoms with Crippen LogP contribution in [0.5, 0.6) is 5.75 Å². The second-order valence-electron chi connectivity index (χ2n) is 5.85. The molecule has 134 valence electrons. The van der Waals surface area contributed by atoms with E-state index in [1.165, 1.54) is 0 Å². The minimum absolute atomic E-state index is 0.167. The van der Waals surface area contributed by atoms with Crippen LogP contribution in [0.15, 0.2) is 18.2 Å². The van der Waals surface area contributed by atoms with Crippen LogP contribution in [-0.2, 0) is 16.1 Å². The van der Waals surface area contributed by atoms with Gasteiger partial charge < -0.3 is 20.3 Å². The van der Waals surface area contributed by atoms with E-state index >= 15 is 0 Å². The van der Waals surface area contributed by atoms with Crippen LogP contribution in [0.25, 0.3) is 0 Å². The van der Waals surface area contributed by atoms with Crippen molar-refractivity contribution < 1.29 is 19.2 Å². The molecule has 0 heterocycles. The van der Waals surface area contributed by atoms with Crippen LogP contribution in [0.1, 0.15) is 25.8 Å². The van der Waals surface area contributed by atoms with E-state index < -0.39 is 6.04 Å². The quantitative estimate of drug-likeness (QED) is 0.599. The summed E-state index contributed by atoms with van der Waals surface area (Å²) in [5.41, 5.74) is 0.934. The minimum atomic E-state index is -0.544. The summed E-state index contributed by atoms with van der Waals surface area (Å²) in [5, 5.41) is 6.11. The third-order valence-corrected chi connectivity index (χ3v) is 3.75. The Kier molecular flexibility index (Phi) is 8.57. The number of carbonyl (C=O) groups excluding carboxylic acids is 2. The van der Waals surface area contributed by atoms with Gasteiger partial charge in [-0.15, -0.1) is 0 Å². The van der Waals surface area contributed by atoms with Crippen molar-refractivity contribution in [2.24, 2.45) is 0 Å². The lowest BCUT2D eigenvalue weighted by Crippen LogP contribution is -3.09. The van der Waals surface area contributed by atoms with Gasteiger partial charge in [0.2, 0.25) is 5.91 Å². The summed E-state index contributed by atoms with van der Waals surface area (Å²) >= 11 is 6.02. The van der Waals surface area contributed by atoms with Crippen LogP contribution < -0.4 is 20.3 Å². The Hall–Kier alpha value is -1.79. The van der Waals surface area contributed by atoms with Gasteiger partial charge in [0.1, 0.15) is 18.3 Å². The number of ether oxygens (including phenoxy) is 1. The zero-order chi connectivity index (χ0) is 18.1. The van der Waals surface area contributed by atoms with Gasteiger partial charge in [-0.1, -0.05) is 18.5 Å². The third kappa shape index (κ3) is 6.76. The Morgan fingerprint density at radius 3 is 2.71 bits per heavy atom. The van der Waals surface area contributed by atoms with E-state index in [0.29, 0.717) is 18.1 Å². The van der Waals surface area contributed by atoms with E-state index in [1.54, 1.807) is 20.1 Å². The average Bonchev–Trinajstić information content (AvgIpc) is 2.52. The summed E-state index contributed by atoms with van der Waals surface area (Å²) in [5.74, 6) is 0.401. The monoisotopic (exact) mass is 356 g/mol. The maximum absolute atomic E-state index is 12.1. The van der Waals surface area contributed by atoms with Gasteiger partial charge in [0.25, 0.3) is 5.91 Å². The van der Waals surface area contributed by atoms with Crippen molar-refractivity contribution in [3.63, 3.8) is 0 Å². The molecular weight excluding hydrogens is 330 g/mol. The van der Waals surface area contributed by atoms with Crippen molar-refractivity contribution in [3.05, 3.63) is 28.8 Å². The Bertz CT molecular complexity index is 566. The summed E-state index contributed by atoms with van der Waals surface area (Å²) < 4.78 is 5.31. The second-order valence-corrected chi connectivity index (χ2v) is 6.28. The highest BCUT2D eigenvalue weighted by Crippen LogP contribution is 2.21. The largest absolute Gasteiger partial charge is 0.496 e. The molecule has 1 aromatic rings. The number of hydrogen-bond acceptors (Lipinski definition) is 3. The SMILES string of the molecule is CCCNC(=O)[C@H](C)NC(=O)C[NH+](C)Cc1cc(Cl)ccc1OC. The zero-order valence-electron chi connectivity index (χ0n) is 14.7. The first kappa shape index (κ1) is 20.3. The number of likely N-dealkylation sites (N-methyl/N-ethyl adjacent to an activating group) is 1. The summed E-state index contributed by atoms with van der Waals surface area (Å²) in [6.07, 6.45) is 0.862. The van der Waals surface area contributed by atoms with E-state index in [0.717, 1.165) is 22.6 Å². The topological polar surface area (TPSA) is 71.9 Å². The normalized spacial score (nSPS) is 13.0. The predicted octanol–water partition coefficient (Wildman–Crippen LogP) is 0.394. The fourth-order valence-corrected chi connectivity index (χ4v) is 2.50. The summed E-state index contributed by atoms with van der Waals surface area (Å²) in [7, 11) is 3.51. The molecule has 1 unspecified atom stereocenters. The van der Waals surface area contributed by atoms with Crippen LogP contribution in [0, 0.1) is 0 Å². The van der Waals surface area contributed by atoms with Gasteiger partial charge in [-0.25, -0.2) is 0 Å². The lowest BCUT2D eigenvalue weighted by Gasteiger charge is -2.18. The van der Waals surface area contributed by atoms with E-state index in [1.807, 2.05) is 26.1 Å². The molecule has 0 saturated carbocycles. The van der Waals surface area contributed by atoms with Crippen molar-refractivity contribution in [3.8, 4) is 5.75 Å². The number of halogens is 1. The van der Waals surface area contributed by atoms with E-state index in [9.17, 15) is 9.59 Å². The number of rotatable bonds is 9. The van der Waals surface area contributed by atoms with Gasteiger partial charge in [-0.05, 0) is 31.5 Å². The molecule has 0 radical (unpaired) electrons. The molecule has 0 bridgehead atoms. The number of amides is 2. The average molecular weight is 357 g/mol. The molecule has 0 spiro atoms. The first-order valence-electron chi connectivity index (χ1n) is 8.08. The zero-order valence-corrected chi connectivity index (χ0v) is 15.5. The Balaban J connectivity index is 2.52. The molecule has 0 aliphatic carbocycles. The lowest BCUT2D eigenvalue weighted by atomic mass is 10.2. The van der Waals surface area contributed by atoms with Crippen molar-refractivity contribution in [2.45, 2.75) is 32.9 Å². The molecule has 7 heteroatoms. The number of quaternary nitrogens is 1. The molecule has 3 N–H and O–H groups in total. The number of carbonyl (C=O) groups is 2. The van der Waals surface area contributed by atoms with Gasteiger partial charge >= 0.3 is 0 Å². The fraction of sp³-hybridized carbons (Fsp3) is 0.529. The third-order valence-electron chi connectivity index (χ3n) is 3.52. The molecule has 0 aliphatic rings. The predicted molar refractivity (Wildman–Crippen MR) is 94.4 cm³/mol. The van der Waals surface area contributed by atoms with Crippen LogP contribution in [0.2, 0.25) is 5.02 Å². The molecule has 2 amide bonds. The summed E-state index contributed by atoms with van der Waals surface area (Å²) in [4.78, 5) is 24.8. The van der Waals surface area contributed by atoms with Gasteiger partial charge in [0, 0.05) is 17.1 Å². The number of nitrogens with one attached hydrogen (secondary N) is 3. The van der Waals surface area contributed by atoms with Crippen LogP contribution in [0.3, 0.4) is 0 Å². The van der Waals surface area contributed by atoms with E-state index in [2.05, 4.69) is 10.6 Å². The molecule has 2 atom stereocenters. The summed E-state index contributed by atoms with van der Waals surface area (Å²) in [6.45, 7) is 5.11. The molecule has 24 heavy (non-hydrogen) atoms. The Morgan fingerprint density at radius 1 is 1.38 bits per heavy atom. The standard InChI is InChI=1S/C17H26ClN3O3/c1-5-8-19-17(23)12(2)20-16(22)11-21(3)10-13-9-14(18)6-7-15(13)24-4/h6-7,9,12H,5,8,10-11H2,1-4H3,(H,19,23)(H,20,22)/p+1/t12-/m0/s1. The molecule has 0 aromatic heterocycles. The number of benzene rings is 1. The highest BCUT2D eigenvalue weighted by molar-refractivity contribution is 6.30. The molecule has 1 aromatic carbocycles. The van der Waals surface area contributed by atoms with Gasteiger partial charge in [0.15, 0.2) is 6.54 Å². The Morgan fingerprint density at radius 2 is 2.08 bits per heavy atom. The molecular formula is C17H27ClN3O3+. The smallest absolute Gasteiger partial charge is 0.275 e. The second kappa shape index (κ2) is 10.2. The first-order valence-corrected chi connectivity index (χ1v) is 8.46. The van der Waals surface area contributed by atoms with Gasteiger partial charge in [-0.2, -0.15) is 0 Å². The van der Waals surface area contributed by atoms with Gasteiger partial charge in [-0.3, -0.25) is 9.59 Å². The van der Waals surface area contributed by atoms with Crippen LogP contribution >= 0.6 is 11.6 Å². The number of methoxy groups -OCH3 is 1. The minimum Gasteiger partial charge on any atom is -0.496 e. The van der Waals surface area contributed by atoms with E-state index in [-0.39, 0.29) is 18.4 Å². The fourth-order valence-electron chi connectivity index (χ4n) is 2.31. The summed E-state index contributed by atoms with van der Waals surface area (Å²) in [6, 6.07) is 4.87. The van der Waals surface area contributed by atoms with Crippen molar-refractivity contribution >= 4 is 23.4 Å². The van der Waals surface area contributed by atoms with Crippen molar-refractivity contribution in [1.29, 1.82) is 0 Å². The maximum atomic E-state index is 12.1. The van der Waals surface area contributed by atoms with Crippen LogP contribution in [0.4, 0.5) is 0 Å². The Labute approximate surface area is 148 Å². The lowest BCUT2D eigenvalue weighted by molar-refractivity contribution is -0.885. The molecule has 0 fully saturated rings. The van der Waals surface area contributed by atoms with Crippen molar-refractivity contribution in [2.75, 3.05) is 27.2 Å². The molecule has 0 saturated heterocycles. The highest BCUT2D eigenvalue weighted by Gasteiger charge is 2.18. The van der Waals surface area contributed by atoms with Crippen LogP contribution in [-0.4, -0.2) is 45.1 Å². The number of hydrogen-bond donors (Lipinski definition) is 3. The van der Waals surface area contributed by atoms with Crippen molar-refractivity contribution in [1.82, 2.24) is 10.6 Å². The maximum Gasteiger partial charge on any atom is 0.275 e. The highest BCUT2D eigenvalue weighted by atomic mass is 35.5. The molecule has 6 nitrogen and oxygen atoms in total. The first-order chi connectivity index (χ1) is 11.4. The molecule has 1 rings (SSSR count). The van der Waals surface area contributed by atoms with Gasteiger partial charge in [0.05, 0.1) is 14.2 Å².